The Labute approximate surface area is 189 Å². The maximum Gasteiger partial charge on any atom is 0.220 e. The lowest BCUT2D eigenvalue weighted by molar-refractivity contribution is -0.122. The van der Waals surface area contributed by atoms with Crippen LogP contribution in [0, 0.1) is 0 Å². The van der Waals surface area contributed by atoms with Gasteiger partial charge in [0.05, 0.1) is 0 Å². The van der Waals surface area contributed by atoms with Crippen molar-refractivity contribution in [2.45, 2.75) is 168 Å². The topological polar surface area (TPSA) is 55.1 Å². The van der Waals surface area contributed by atoms with Crippen molar-refractivity contribution in [2.75, 3.05) is 0 Å². The second-order valence-electron chi connectivity index (χ2n) is 9.56. The summed E-state index contributed by atoms with van der Waals surface area (Å²) in [5.41, 5.74) is 5.88. The number of carbonyl (C=O) groups is 1. The Balaban J connectivity index is 3.20. The highest BCUT2D eigenvalue weighted by Crippen LogP contribution is 2.14. The molecule has 30 heavy (non-hydrogen) atoms. The molecule has 0 fully saturated rings. The molecule has 1 amide bonds. The Kier molecular flexibility index (Phi) is 22.7. The first-order valence-corrected chi connectivity index (χ1v) is 13.7. The third-order valence-electron chi connectivity index (χ3n) is 6.43. The van der Waals surface area contributed by atoms with E-state index in [1.807, 2.05) is 6.92 Å². The fourth-order valence-electron chi connectivity index (χ4n) is 4.25. The van der Waals surface area contributed by atoms with E-state index < -0.39 is 0 Å². The van der Waals surface area contributed by atoms with E-state index in [0.717, 1.165) is 12.8 Å². The maximum atomic E-state index is 11.9. The van der Waals surface area contributed by atoms with Gasteiger partial charge in [-0.3, -0.25) is 4.79 Å². The van der Waals surface area contributed by atoms with Crippen molar-refractivity contribution in [3.63, 3.8) is 0 Å². The molecule has 0 radical (unpaired) electrons. The smallest absolute Gasteiger partial charge is 0.220 e. The van der Waals surface area contributed by atoms with Gasteiger partial charge in [0.25, 0.3) is 0 Å². The molecule has 0 saturated heterocycles. The van der Waals surface area contributed by atoms with E-state index in [2.05, 4.69) is 19.2 Å². The van der Waals surface area contributed by atoms with Gasteiger partial charge in [-0.2, -0.15) is 0 Å². The van der Waals surface area contributed by atoms with Crippen molar-refractivity contribution in [1.29, 1.82) is 0 Å². The standard InChI is InChI=1S/C27H56N2O/c1-4-6-7-8-9-10-11-12-13-14-15-16-17-18-19-20-21-22-23-24-27(30)29-26(5-2)25(3)28/h25-26H,4-24,28H2,1-3H3,(H,29,30). The lowest BCUT2D eigenvalue weighted by atomic mass is 10.0. The molecule has 0 aliphatic rings. The van der Waals surface area contributed by atoms with Crippen molar-refractivity contribution in [2.24, 2.45) is 5.73 Å². The summed E-state index contributed by atoms with van der Waals surface area (Å²) < 4.78 is 0. The van der Waals surface area contributed by atoms with E-state index in [9.17, 15) is 4.79 Å². The van der Waals surface area contributed by atoms with Crippen LogP contribution in [0.15, 0.2) is 0 Å². The molecule has 0 aliphatic heterocycles. The van der Waals surface area contributed by atoms with Crippen molar-refractivity contribution in [3.05, 3.63) is 0 Å². The van der Waals surface area contributed by atoms with Gasteiger partial charge in [-0.15, -0.1) is 0 Å². The summed E-state index contributed by atoms with van der Waals surface area (Å²) in [5.74, 6) is 0.172. The van der Waals surface area contributed by atoms with Gasteiger partial charge in [0.15, 0.2) is 0 Å². The van der Waals surface area contributed by atoms with Gasteiger partial charge in [-0.1, -0.05) is 129 Å². The van der Waals surface area contributed by atoms with Gasteiger partial charge < -0.3 is 11.1 Å². The zero-order valence-corrected chi connectivity index (χ0v) is 21.0. The first kappa shape index (κ1) is 29.4. The molecule has 3 heteroatoms. The molecule has 180 valence electrons. The van der Waals surface area contributed by atoms with E-state index in [1.165, 1.54) is 116 Å². The number of rotatable bonds is 23. The van der Waals surface area contributed by atoms with Crippen LogP contribution >= 0.6 is 0 Å². The molecular formula is C27H56N2O. The highest BCUT2D eigenvalue weighted by molar-refractivity contribution is 5.76. The van der Waals surface area contributed by atoms with E-state index in [4.69, 9.17) is 5.73 Å². The van der Waals surface area contributed by atoms with Gasteiger partial charge in [-0.05, 0) is 19.8 Å². The molecule has 0 spiro atoms. The van der Waals surface area contributed by atoms with Crippen LogP contribution in [0.1, 0.15) is 156 Å². The Bertz CT molecular complexity index is 357. The average molecular weight is 425 g/mol. The van der Waals surface area contributed by atoms with Gasteiger partial charge >= 0.3 is 0 Å². The SMILES string of the molecule is CCCCCCCCCCCCCCCCCCCCCC(=O)NC(CC)C(C)N. The Morgan fingerprint density at radius 2 is 0.967 bits per heavy atom. The van der Waals surface area contributed by atoms with Crippen LogP contribution in [0.4, 0.5) is 0 Å². The lowest BCUT2D eigenvalue weighted by Gasteiger charge is -2.20. The molecule has 0 aliphatic carbocycles. The monoisotopic (exact) mass is 424 g/mol. The van der Waals surface area contributed by atoms with Crippen LogP contribution in [-0.2, 0) is 4.79 Å². The number of hydrogen-bond acceptors (Lipinski definition) is 2. The van der Waals surface area contributed by atoms with Crippen LogP contribution in [0.2, 0.25) is 0 Å². The minimum Gasteiger partial charge on any atom is -0.352 e. The third-order valence-corrected chi connectivity index (χ3v) is 6.43. The Hall–Kier alpha value is -0.570. The van der Waals surface area contributed by atoms with Crippen molar-refractivity contribution >= 4 is 5.91 Å². The summed E-state index contributed by atoms with van der Waals surface area (Å²) in [6.07, 6.45) is 27.8. The van der Waals surface area contributed by atoms with Crippen molar-refractivity contribution in [1.82, 2.24) is 5.32 Å². The third kappa shape index (κ3) is 20.7. The van der Waals surface area contributed by atoms with Gasteiger partial charge in [0, 0.05) is 18.5 Å². The molecule has 2 unspecified atom stereocenters. The summed E-state index contributed by atoms with van der Waals surface area (Å²) in [6.45, 7) is 6.33. The van der Waals surface area contributed by atoms with Crippen LogP contribution in [-0.4, -0.2) is 18.0 Å². The fraction of sp³-hybridized carbons (Fsp3) is 0.963. The van der Waals surface area contributed by atoms with Gasteiger partial charge in [-0.25, -0.2) is 0 Å². The van der Waals surface area contributed by atoms with Crippen molar-refractivity contribution in [3.8, 4) is 0 Å². The number of unbranched alkanes of at least 4 members (excludes halogenated alkanes) is 18. The second-order valence-corrected chi connectivity index (χ2v) is 9.56. The number of nitrogens with one attached hydrogen (secondary N) is 1. The van der Waals surface area contributed by atoms with E-state index in [-0.39, 0.29) is 18.0 Å². The predicted molar refractivity (Wildman–Crippen MR) is 134 cm³/mol. The van der Waals surface area contributed by atoms with Crippen LogP contribution in [0.3, 0.4) is 0 Å². The normalized spacial score (nSPS) is 13.3. The summed E-state index contributed by atoms with van der Waals surface area (Å²) in [7, 11) is 0. The molecule has 0 aromatic rings. The van der Waals surface area contributed by atoms with Crippen molar-refractivity contribution < 1.29 is 4.79 Å². The van der Waals surface area contributed by atoms with Crippen LogP contribution in [0.25, 0.3) is 0 Å². The first-order chi connectivity index (χ1) is 14.6. The number of carbonyl (C=O) groups excluding carboxylic acids is 1. The number of hydrogen-bond donors (Lipinski definition) is 2. The Morgan fingerprint density at radius 3 is 1.27 bits per heavy atom. The van der Waals surface area contributed by atoms with Crippen LogP contribution in [0.5, 0.6) is 0 Å². The zero-order valence-electron chi connectivity index (χ0n) is 21.0. The lowest BCUT2D eigenvalue weighted by Crippen LogP contribution is -2.45. The zero-order chi connectivity index (χ0) is 22.3. The van der Waals surface area contributed by atoms with E-state index in [0.29, 0.717) is 6.42 Å². The molecule has 0 aromatic heterocycles. The maximum absolute atomic E-state index is 11.9. The largest absolute Gasteiger partial charge is 0.352 e. The van der Waals surface area contributed by atoms with E-state index >= 15 is 0 Å². The molecular weight excluding hydrogens is 368 g/mol. The summed E-state index contributed by atoms with van der Waals surface area (Å²) in [6, 6.07) is 0.155. The van der Waals surface area contributed by atoms with Crippen LogP contribution < -0.4 is 11.1 Å². The molecule has 2 atom stereocenters. The molecule has 0 bridgehead atoms. The minimum absolute atomic E-state index is 0.0315. The molecule has 3 nitrogen and oxygen atoms in total. The molecule has 0 aromatic carbocycles. The van der Waals surface area contributed by atoms with Gasteiger partial charge in [0.2, 0.25) is 5.91 Å². The molecule has 0 rings (SSSR count). The van der Waals surface area contributed by atoms with E-state index in [1.54, 1.807) is 0 Å². The molecule has 0 heterocycles. The molecule has 3 N–H and O–H groups in total. The number of nitrogens with two attached hydrogens (primary N) is 1. The fourth-order valence-corrected chi connectivity index (χ4v) is 4.25. The number of amides is 1. The highest BCUT2D eigenvalue weighted by atomic mass is 16.1. The first-order valence-electron chi connectivity index (χ1n) is 13.7. The Morgan fingerprint density at radius 1 is 0.633 bits per heavy atom. The summed E-state index contributed by atoms with van der Waals surface area (Å²) in [4.78, 5) is 11.9. The average Bonchev–Trinajstić information content (AvgIpc) is 2.73. The molecule has 0 saturated carbocycles. The minimum atomic E-state index is 0.0315. The highest BCUT2D eigenvalue weighted by Gasteiger charge is 2.13. The quantitative estimate of drug-likeness (QED) is 0.163. The second kappa shape index (κ2) is 23.1. The summed E-state index contributed by atoms with van der Waals surface area (Å²) in [5, 5.41) is 3.06. The van der Waals surface area contributed by atoms with Gasteiger partial charge in [0.1, 0.15) is 0 Å². The summed E-state index contributed by atoms with van der Waals surface area (Å²) >= 11 is 0. The predicted octanol–water partition coefficient (Wildman–Crippen LogP) is 8.05.